The number of hydrogen-bond acceptors (Lipinski definition) is 3. The van der Waals surface area contributed by atoms with Gasteiger partial charge in [0.1, 0.15) is 0 Å². The molecule has 124 valence electrons. The molecule has 1 saturated carbocycles. The molecule has 0 aliphatic heterocycles. The van der Waals surface area contributed by atoms with Crippen molar-refractivity contribution in [3.63, 3.8) is 0 Å². The van der Waals surface area contributed by atoms with E-state index in [4.69, 9.17) is 5.73 Å². The Hall–Kier alpha value is -0.220. The minimum atomic E-state index is 0.230. The molecule has 3 atom stereocenters. The van der Waals surface area contributed by atoms with Crippen LogP contribution in [-0.2, 0) is 4.79 Å². The van der Waals surface area contributed by atoms with Gasteiger partial charge < -0.3 is 11.1 Å². The Morgan fingerprint density at radius 1 is 1.33 bits per heavy atom. The summed E-state index contributed by atoms with van der Waals surface area (Å²) in [5, 5.41) is 3.97. The predicted molar refractivity (Wildman–Crippen MR) is 93.6 cm³/mol. The first-order valence-corrected chi connectivity index (χ1v) is 9.67. The van der Waals surface area contributed by atoms with Gasteiger partial charge in [0.05, 0.1) is 0 Å². The number of hydrogen-bond donors (Lipinski definition) is 2. The van der Waals surface area contributed by atoms with Crippen LogP contribution in [0.3, 0.4) is 0 Å². The topological polar surface area (TPSA) is 55.1 Å². The Balaban J connectivity index is 2.35. The second kappa shape index (κ2) is 9.04. The van der Waals surface area contributed by atoms with Gasteiger partial charge in [0.2, 0.25) is 5.91 Å². The second-order valence-corrected chi connectivity index (χ2v) is 8.61. The van der Waals surface area contributed by atoms with E-state index in [1.807, 2.05) is 11.8 Å². The zero-order valence-corrected chi connectivity index (χ0v) is 15.1. The normalized spacial score (nSPS) is 24.6. The summed E-state index contributed by atoms with van der Waals surface area (Å²) in [6, 6.07) is 0.395. The Morgan fingerprint density at radius 2 is 2.05 bits per heavy atom. The lowest BCUT2D eigenvalue weighted by molar-refractivity contribution is -0.122. The first kappa shape index (κ1) is 18.8. The van der Waals surface area contributed by atoms with E-state index >= 15 is 0 Å². The maximum atomic E-state index is 12.2. The molecule has 0 aromatic rings. The van der Waals surface area contributed by atoms with Gasteiger partial charge in [0, 0.05) is 17.7 Å². The summed E-state index contributed by atoms with van der Waals surface area (Å²) in [5.41, 5.74) is 5.94. The molecule has 1 aliphatic carbocycles. The summed E-state index contributed by atoms with van der Waals surface area (Å²) in [6.45, 7) is 7.45. The third-order valence-corrected chi connectivity index (χ3v) is 5.88. The lowest BCUT2D eigenvalue weighted by atomic mass is 9.76. The molecule has 1 fully saturated rings. The average molecular weight is 315 g/mol. The van der Waals surface area contributed by atoms with Crippen LogP contribution in [0, 0.1) is 11.3 Å². The molecule has 0 aromatic heterocycles. The maximum Gasteiger partial charge on any atom is 0.220 e. The fraction of sp³-hybridized carbons (Fsp3) is 0.941. The highest BCUT2D eigenvalue weighted by atomic mass is 32.2. The van der Waals surface area contributed by atoms with Crippen molar-refractivity contribution in [2.45, 2.75) is 77.0 Å². The van der Waals surface area contributed by atoms with Crippen LogP contribution in [-0.4, -0.2) is 30.0 Å². The van der Waals surface area contributed by atoms with E-state index in [1.54, 1.807) is 0 Å². The van der Waals surface area contributed by atoms with Crippen molar-refractivity contribution in [2.24, 2.45) is 17.1 Å². The van der Waals surface area contributed by atoms with E-state index in [0.717, 1.165) is 30.9 Å². The van der Waals surface area contributed by atoms with E-state index in [0.29, 0.717) is 24.9 Å². The summed E-state index contributed by atoms with van der Waals surface area (Å²) in [7, 11) is 0. The van der Waals surface area contributed by atoms with Crippen molar-refractivity contribution in [1.82, 2.24) is 5.32 Å². The highest BCUT2D eigenvalue weighted by Gasteiger charge is 2.26. The molecule has 0 heterocycles. The van der Waals surface area contributed by atoms with Crippen molar-refractivity contribution >= 4 is 17.7 Å². The molecule has 3 nitrogen and oxygen atoms in total. The minimum Gasteiger partial charge on any atom is -0.353 e. The standard InChI is InChI=1S/C17H34N2OS/c1-17(2,3)13(10-11-18)8-9-16(20)19-14-6-5-7-15(12-14)21-4/h13-15H,5-12,18H2,1-4H3,(H,19,20). The Bertz CT molecular complexity index is 314. The zero-order valence-electron chi connectivity index (χ0n) is 14.3. The molecule has 21 heavy (non-hydrogen) atoms. The fourth-order valence-corrected chi connectivity index (χ4v) is 4.13. The van der Waals surface area contributed by atoms with Gasteiger partial charge in [-0.1, -0.05) is 27.2 Å². The molecule has 0 radical (unpaired) electrons. The quantitative estimate of drug-likeness (QED) is 0.755. The van der Waals surface area contributed by atoms with Crippen LogP contribution in [0.25, 0.3) is 0 Å². The second-order valence-electron chi connectivity index (χ2n) is 7.47. The minimum absolute atomic E-state index is 0.230. The van der Waals surface area contributed by atoms with Gasteiger partial charge in [-0.05, 0) is 56.2 Å². The number of nitrogens with two attached hydrogens (primary N) is 1. The number of thioether (sulfide) groups is 1. The van der Waals surface area contributed by atoms with Gasteiger partial charge in [-0.3, -0.25) is 4.79 Å². The zero-order chi connectivity index (χ0) is 15.9. The fourth-order valence-electron chi connectivity index (χ4n) is 3.31. The highest BCUT2D eigenvalue weighted by Crippen LogP contribution is 2.32. The molecule has 3 unspecified atom stereocenters. The van der Waals surface area contributed by atoms with E-state index in [1.165, 1.54) is 12.8 Å². The predicted octanol–water partition coefficient (Wildman–Crippen LogP) is 3.57. The molecule has 4 heteroatoms. The molecule has 0 bridgehead atoms. The number of amides is 1. The van der Waals surface area contributed by atoms with E-state index < -0.39 is 0 Å². The van der Waals surface area contributed by atoms with E-state index in [2.05, 4.69) is 32.3 Å². The smallest absolute Gasteiger partial charge is 0.220 e. The van der Waals surface area contributed by atoms with Crippen molar-refractivity contribution < 1.29 is 4.79 Å². The van der Waals surface area contributed by atoms with Gasteiger partial charge in [0.25, 0.3) is 0 Å². The largest absolute Gasteiger partial charge is 0.353 e. The first-order valence-electron chi connectivity index (χ1n) is 8.39. The van der Waals surface area contributed by atoms with E-state index in [-0.39, 0.29) is 11.3 Å². The number of carbonyl (C=O) groups is 1. The van der Waals surface area contributed by atoms with Crippen LogP contribution in [0.1, 0.15) is 65.7 Å². The molecule has 1 rings (SSSR count). The Morgan fingerprint density at radius 3 is 2.62 bits per heavy atom. The molecule has 0 saturated heterocycles. The SMILES string of the molecule is CSC1CCCC(NC(=O)CCC(CCN)C(C)(C)C)C1. The average Bonchev–Trinajstić information content (AvgIpc) is 2.42. The van der Waals surface area contributed by atoms with Crippen molar-refractivity contribution in [3.8, 4) is 0 Å². The van der Waals surface area contributed by atoms with Gasteiger partial charge in [-0.15, -0.1) is 0 Å². The Kier molecular flexibility index (Phi) is 8.10. The lowest BCUT2D eigenvalue weighted by Crippen LogP contribution is -2.39. The van der Waals surface area contributed by atoms with Crippen LogP contribution < -0.4 is 11.1 Å². The summed E-state index contributed by atoms with van der Waals surface area (Å²) in [5.74, 6) is 0.756. The van der Waals surface area contributed by atoms with Gasteiger partial charge in [-0.2, -0.15) is 11.8 Å². The lowest BCUT2D eigenvalue weighted by Gasteiger charge is -2.31. The van der Waals surface area contributed by atoms with Crippen molar-refractivity contribution in [1.29, 1.82) is 0 Å². The van der Waals surface area contributed by atoms with Gasteiger partial charge in [-0.25, -0.2) is 0 Å². The Labute approximate surface area is 135 Å². The number of nitrogens with one attached hydrogen (secondary N) is 1. The summed E-state index contributed by atoms with van der Waals surface area (Å²) < 4.78 is 0. The van der Waals surface area contributed by atoms with Crippen LogP contribution in [0.2, 0.25) is 0 Å². The highest BCUT2D eigenvalue weighted by molar-refractivity contribution is 7.99. The third-order valence-electron chi connectivity index (χ3n) is 4.78. The first-order chi connectivity index (χ1) is 9.86. The third kappa shape index (κ3) is 7.05. The molecule has 1 amide bonds. The van der Waals surface area contributed by atoms with Crippen LogP contribution in [0.15, 0.2) is 0 Å². The van der Waals surface area contributed by atoms with Crippen LogP contribution >= 0.6 is 11.8 Å². The molecule has 0 spiro atoms. The van der Waals surface area contributed by atoms with Crippen LogP contribution in [0.4, 0.5) is 0 Å². The van der Waals surface area contributed by atoms with Gasteiger partial charge in [0.15, 0.2) is 0 Å². The molecule has 1 aliphatic rings. The number of carbonyl (C=O) groups excluding carboxylic acids is 1. The van der Waals surface area contributed by atoms with Crippen LogP contribution in [0.5, 0.6) is 0 Å². The summed E-state index contributed by atoms with van der Waals surface area (Å²) >= 11 is 1.94. The molecular weight excluding hydrogens is 280 g/mol. The summed E-state index contributed by atoms with van der Waals surface area (Å²) in [6.07, 6.45) is 9.61. The number of rotatable bonds is 7. The van der Waals surface area contributed by atoms with E-state index in [9.17, 15) is 4.79 Å². The van der Waals surface area contributed by atoms with Crippen molar-refractivity contribution in [3.05, 3.63) is 0 Å². The maximum absolute atomic E-state index is 12.2. The monoisotopic (exact) mass is 314 g/mol. The van der Waals surface area contributed by atoms with Crippen molar-refractivity contribution in [2.75, 3.05) is 12.8 Å². The molecular formula is C17H34N2OS. The molecule has 0 aromatic carbocycles. The van der Waals surface area contributed by atoms with Gasteiger partial charge >= 0.3 is 0 Å². The summed E-state index contributed by atoms with van der Waals surface area (Å²) in [4.78, 5) is 12.2. The molecule has 3 N–H and O–H groups in total.